The van der Waals surface area contributed by atoms with Crippen LogP contribution in [0.25, 0.3) is 0 Å². The van der Waals surface area contributed by atoms with Crippen LogP contribution in [0.15, 0.2) is 24.4 Å². The first-order valence-corrected chi connectivity index (χ1v) is 9.00. The Morgan fingerprint density at radius 2 is 2.11 bits per heavy atom. The van der Waals surface area contributed by atoms with Gasteiger partial charge < -0.3 is 15.4 Å². The van der Waals surface area contributed by atoms with Gasteiger partial charge in [-0.15, -0.1) is 5.10 Å². The summed E-state index contributed by atoms with van der Waals surface area (Å²) in [6.07, 6.45) is -2.66. The Labute approximate surface area is 158 Å². The van der Waals surface area contributed by atoms with Gasteiger partial charge in [-0.25, -0.2) is 4.79 Å². The van der Waals surface area contributed by atoms with Crippen LogP contribution in [0.4, 0.5) is 29.6 Å². The molecule has 0 spiro atoms. The van der Waals surface area contributed by atoms with E-state index < -0.39 is 23.9 Å². The van der Waals surface area contributed by atoms with Crippen molar-refractivity contribution in [2.45, 2.75) is 55.8 Å². The van der Waals surface area contributed by atoms with E-state index in [4.69, 9.17) is 4.74 Å². The van der Waals surface area contributed by atoms with E-state index in [9.17, 15) is 18.0 Å². The number of hydrogen-bond donors (Lipinski definition) is 3. The first kappa shape index (κ1) is 18.5. The molecule has 2 aliphatic carbocycles. The second-order valence-corrected chi connectivity index (χ2v) is 7.18. The second-order valence-electron chi connectivity index (χ2n) is 7.18. The Kier molecular flexibility index (Phi) is 4.60. The molecule has 28 heavy (non-hydrogen) atoms. The van der Waals surface area contributed by atoms with Crippen LogP contribution in [0.5, 0.6) is 0 Å². The van der Waals surface area contributed by atoms with Gasteiger partial charge in [0, 0.05) is 23.9 Å². The van der Waals surface area contributed by atoms with E-state index >= 15 is 0 Å². The normalized spacial score (nSPS) is 23.2. The first-order valence-electron chi connectivity index (χ1n) is 9.00. The maximum atomic E-state index is 12.9. The predicted molar refractivity (Wildman–Crippen MR) is 91.9 cm³/mol. The number of alkyl carbamates (subject to hydrolysis) is 1. The summed E-state index contributed by atoms with van der Waals surface area (Å²) in [5.74, 6) is 1.22. The lowest BCUT2D eigenvalue weighted by Crippen LogP contribution is -2.48. The summed E-state index contributed by atoms with van der Waals surface area (Å²) in [6, 6.07) is 5.34. The van der Waals surface area contributed by atoms with Gasteiger partial charge in [0.15, 0.2) is 11.6 Å². The maximum Gasteiger partial charge on any atom is 0.411 e. The SMILES string of the molecule is O=C(NC1(C(F)(F)F)CC1)O[C@@H]1CC[C@H](c2cc(Nc3cccnn3)n[nH]2)C1. The standard InChI is InChI=1S/C17H19F3N6O2/c18-17(19,20)16(5-6-16)23-15(27)28-11-4-3-10(8-11)12-9-14(26-24-12)22-13-2-1-7-21-25-13/h1-2,7,9-11H,3-6,8H2,(H,23,27)(H2,22,24,25,26)/t10-,11+/m0/s1. The monoisotopic (exact) mass is 396 g/mol. The molecule has 4 rings (SSSR count). The molecule has 11 heteroatoms. The van der Waals surface area contributed by atoms with Gasteiger partial charge in [0.25, 0.3) is 0 Å². The molecule has 2 aromatic heterocycles. The van der Waals surface area contributed by atoms with Gasteiger partial charge in [0.2, 0.25) is 0 Å². The summed E-state index contributed by atoms with van der Waals surface area (Å²) >= 11 is 0. The van der Waals surface area contributed by atoms with Gasteiger partial charge in [0.05, 0.1) is 0 Å². The minimum Gasteiger partial charge on any atom is -0.446 e. The number of aromatic amines is 1. The molecule has 2 heterocycles. The molecular formula is C17H19F3N6O2. The fraction of sp³-hybridized carbons (Fsp3) is 0.529. The summed E-state index contributed by atoms with van der Waals surface area (Å²) in [5.41, 5.74) is -1.24. The van der Waals surface area contributed by atoms with Gasteiger partial charge in [-0.2, -0.15) is 23.4 Å². The number of H-pyrrole nitrogens is 1. The van der Waals surface area contributed by atoms with E-state index in [1.165, 1.54) is 0 Å². The average molecular weight is 396 g/mol. The summed E-state index contributed by atoms with van der Waals surface area (Å²) in [4.78, 5) is 11.9. The number of carbonyl (C=O) groups excluding carboxylic acids is 1. The molecule has 3 N–H and O–H groups in total. The van der Waals surface area contributed by atoms with Crippen molar-refractivity contribution in [1.29, 1.82) is 0 Å². The summed E-state index contributed by atoms with van der Waals surface area (Å²) in [5, 5.41) is 19.8. The molecule has 2 aromatic rings. The number of aromatic nitrogens is 4. The van der Waals surface area contributed by atoms with Crippen molar-refractivity contribution in [1.82, 2.24) is 25.7 Å². The molecule has 0 unspecified atom stereocenters. The molecule has 2 atom stereocenters. The third-order valence-electron chi connectivity index (χ3n) is 5.16. The van der Waals surface area contributed by atoms with Crippen molar-refractivity contribution in [2.24, 2.45) is 0 Å². The average Bonchev–Trinajstić information content (AvgIpc) is 3.07. The van der Waals surface area contributed by atoms with E-state index in [-0.39, 0.29) is 18.8 Å². The third-order valence-corrected chi connectivity index (χ3v) is 5.16. The Morgan fingerprint density at radius 1 is 1.29 bits per heavy atom. The number of anilines is 2. The first-order chi connectivity index (χ1) is 13.3. The number of halogens is 3. The van der Waals surface area contributed by atoms with E-state index in [0.29, 0.717) is 24.5 Å². The number of alkyl halides is 3. The highest BCUT2D eigenvalue weighted by molar-refractivity contribution is 5.69. The van der Waals surface area contributed by atoms with Crippen molar-refractivity contribution in [3.05, 3.63) is 30.1 Å². The fourth-order valence-corrected chi connectivity index (χ4v) is 3.42. The number of amides is 1. The van der Waals surface area contributed by atoms with Crippen molar-refractivity contribution in [3.63, 3.8) is 0 Å². The van der Waals surface area contributed by atoms with E-state index in [1.54, 1.807) is 18.3 Å². The largest absolute Gasteiger partial charge is 0.446 e. The highest BCUT2D eigenvalue weighted by Crippen LogP contribution is 2.49. The molecule has 0 aromatic carbocycles. The molecule has 0 bridgehead atoms. The van der Waals surface area contributed by atoms with Crippen molar-refractivity contribution < 1.29 is 22.7 Å². The van der Waals surface area contributed by atoms with Gasteiger partial charge in [-0.1, -0.05) is 0 Å². The zero-order valence-electron chi connectivity index (χ0n) is 14.8. The van der Waals surface area contributed by atoms with Crippen LogP contribution in [-0.4, -0.2) is 44.3 Å². The predicted octanol–water partition coefficient (Wildman–Crippen LogP) is 3.40. The Morgan fingerprint density at radius 3 is 2.79 bits per heavy atom. The van der Waals surface area contributed by atoms with Gasteiger partial charge >= 0.3 is 12.3 Å². The molecular weight excluding hydrogens is 377 g/mol. The lowest BCUT2D eigenvalue weighted by Gasteiger charge is -2.21. The molecule has 1 amide bonds. The minimum absolute atomic E-state index is 0.0835. The highest BCUT2D eigenvalue weighted by Gasteiger charge is 2.64. The molecule has 2 aliphatic rings. The van der Waals surface area contributed by atoms with Crippen LogP contribution < -0.4 is 10.6 Å². The van der Waals surface area contributed by atoms with Gasteiger partial charge in [0.1, 0.15) is 11.6 Å². The van der Waals surface area contributed by atoms with Crippen LogP contribution in [0, 0.1) is 0 Å². The topological polar surface area (TPSA) is 105 Å². The van der Waals surface area contributed by atoms with E-state index in [1.807, 2.05) is 11.4 Å². The third kappa shape index (κ3) is 3.87. The lowest BCUT2D eigenvalue weighted by atomic mass is 10.0. The molecule has 2 fully saturated rings. The molecule has 0 aliphatic heterocycles. The Hall–Kier alpha value is -2.85. The van der Waals surface area contributed by atoms with Crippen LogP contribution in [0.3, 0.4) is 0 Å². The summed E-state index contributed by atoms with van der Waals surface area (Å²) in [6.45, 7) is 0. The molecule has 0 saturated heterocycles. The highest BCUT2D eigenvalue weighted by atomic mass is 19.4. The number of hydrogen-bond acceptors (Lipinski definition) is 6. The zero-order valence-corrected chi connectivity index (χ0v) is 14.8. The van der Waals surface area contributed by atoms with Gasteiger partial charge in [-0.3, -0.25) is 5.10 Å². The van der Waals surface area contributed by atoms with Crippen LogP contribution in [0.1, 0.15) is 43.7 Å². The number of nitrogens with one attached hydrogen (secondary N) is 3. The van der Waals surface area contributed by atoms with Gasteiger partial charge in [-0.05, 0) is 44.2 Å². The number of carbonyl (C=O) groups is 1. The van der Waals surface area contributed by atoms with Crippen LogP contribution >= 0.6 is 0 Å². The second kappa shape index (κ2) is 6.95. The summed E-state index contributed by atoms with van der Waals surface area (Å²) in [7, 11) is 0. The Bertz CT molecular complexity index is 837. The number of nitrogens with zero attached hydrogens (tertiary/aromatic N) is 3. The minimum atomic E-state index is -4.45. The lowest BCUT2D eigenvalue weighted by molar-refractivity contribution is -0.164. The Balaban J connectivity index is 1.29. The number of ether oxygens (including phenoxy) is 1. The molecule has 0 radical (unpaired) electrons. The molecule has 150 valence electrons. The van der Waals surface area contributed by atoms with Crippen LogP contribution in [-0.2, 0) is 4.74 Å². The van der Waals surface area contributed by atoms with Crippen LogP contribution in [0.2, 0.25) is 0 Å². The quantitative estimate of drug-likeness (QED) is 0.716. The van der Waals surface area contributed by atoms with E-state index in [2.05, 4.69) is 25.7 Å². The fourth-order valence-electron chi connectivity index (χ4n) is 3.42. The van der Waals surface area contributed by atoms with Crippen molar-refractivity contribution >= 4 is 17.7 Å². The molecule has 2 saturated carbocycles. The smallest absolute Gasteiger partial charge is 0.411 e. The van der Waals surface area contributed by atoms with Crippen molar-refractivity contribution in [2.75, 3.05) is 5.32 Å². The van der Waals surface area contributed by atoms with Crippen molar-refractivity contribution in [3.8, 4) is 0 Å². The maximum absolute atomic E-state index is 12.9. The number of rotatable bonds is 5. The molecule has 8 nitrogen and oxygen atoms in total. The van der Waals surface area contributed by atoms with E-state index in [0.717, 1.165) is 12.1 Å². The summed E-state index contributed by atoms with van der Waals surface area (Å²) < 4.78 is 44.0. The zero-order chi connectivity index (χ0) is 19.8.